The summed E-state index contributed by atoms with van der Waals surface area (Å²) in [5.74, 6) is -2.56. The highest BCUT2D eigenvalue weighted by atomic mass is 32.2. The molecule has 2 aromatic rings. The number of alkyl halides is 5. The summed E-state index contributed by atoms with van der Waals surface area (Å²) in [6.45, 7) is -0.953. The van der Waals surface area contributed by atoms with Crippen LogP contribution in [0.4, 0.5) is 38.1 Å². The molecule has 0 aliphatic carbocycles. The molecule has 16 heteroatoms. The lowest BCUT2D eigenvalue weighted by atomic mass is 10.0. The van der Waals surface area contributed by atoms with E-state index in [1.165, 1.54) is 25.1 Å². The van der Waals surface area contributed by atoms with E-state index in [0.717, 1.165) is 28.6 Å². The molecule has 1 heterocycles. The van der Waals surface area contributed by atoms with Gasteiger partial charge in [-0.1, -0.05) is 13.0 Å². The maximum Gasteiger partial charge on any atom is 0.427 e. The summed E-state index contributed by atoms with van der Waals surface area (Å²) < 4.78 is 107. The van der Waals surface area contributed by atoms with Crippen LogP contribution in [0.2, 0.25) is 0 Å². The third kappa shape index (κ3) is 7.03. The fourth-order valence-electron chi connectivity index (χ4n) is 3.61. The number of hydrogen-bond donors (Lipinski definition) is 2. The van der Waals surface area contributed by atoms with Crippen molar-refractivity contribution < 1.29 is 59.3 Å². The van der Waals surface area contributed by atoms with Crippen molar-refractivity contribution in [2.24, 2.45) is 5.92 Å². The van der Waals surface area contributed by atoms with Crippen molar-refractivity contribution in [1.29, 1.82) is 0 Å². The first-order valence-electron chi connectivity index (χ1n) is 11.6. The molecule has 3 rings (SSSR count). The average Bonchev–Trinajstić information content (AvgIpc) is 2.82. The molecule has 0 radical (unpaired) electrons. The molecule has 0 saturated heterocycles. The van der Waals surface area contributed by atoms with Crippen LogP contribution in [0.25, 0.3) is 0 Å². The Kier molecular flexibility index (Phi) is 8.71. The summed E-state index contributed by atoms with van der Waals surface area (Å²) in [7, 11) is -4.53. The first-order chi connectivity index (χ1) is 18.4. The van der Waals surface area contributed by atoms with Crippen molar-refractivity contribution in [3.8, 4) is 11.5 Å². The highest BCUT2D eigenvalue weighted by molar-refractivity contribution is 7.92. The molecule has 1 amide bonds. The molecule has 2 atom stereocenters. The van der Waals surface area contributed by atoms with Gasteiger partial charge in [0.05, 0.1) is 23.0 Å². The average molecular weight is 597 g/mol. The molecule has 1 aliphatic heterocycles. The lowest BCUT2D eigenvalue weighted by Crippen LogP contribution is -2.45. The molecular weight excluding hydrogens is 571 g/mol. The van der Waals surface area contributed by atoms with Crippen LogP contribution in [0.5, 0.6) is 11.5 Å². The molecular formula is C24H25F5N2O8S. The monoisotopic (exact) mass is 596 g/mol. The number of nitrogens with zero attached hydrogens (tertiary/aromatic N) is 1. The summed E-state index contributed by atoms with van der Waals surface area (Å²) in [6.07, 6.45) is -7.40. The summed E-state index contributed by atoms with van der Waals surface area (Å²) in [5.41, 5.74) is -3.15. The number of nitrogens with one attached hydrogen (secondary N) is 1. The third-order valence-corrected chi connectivity index (χ3v) is 7.60. The molecule has 40 heavy (non-hydrogen) atoms. The van der Waals surface area contributed by atoms with Gasteiger partial charge in [-0.15, -0.1) is 0 Å². The molecule has 0 saturated carbocycles. The van der Waals surface area contributed by atoms with Gasteiger partial charge in [-0.3, -0.25) is 14.4 Å². The Labute approximate surface area is 225 Å². The molecule has 1 aliphatic rings. The SMILES string of the molecule is C[C@H](C[C@H]1CN(S(=O)(=O)c2cccc(OC(F)F)c2)c2cc(NC(=O)OC(C)(C)C(F)(F)F)ccc2O1)C(=O)O. The van der Waals surface area contributed by atoms with E-state index in [1.807, 2.05) is 0 Å². The van der Waals surface area contributed by atoms with Crippen molar-refractivity contribution in [2.75, 3.05) is 16.2 Å². The van der Waals surface area contributed by atoms with Crippen LogP contribution in [0.15, 0.2) is 47.4 Å². The van der Waals surface area contributed by atoms with Crippen LogP contribution in [0, 0.1) is 5.92 Å². The van der Waals surface area contributed by atoms with Gasteiger partial charge >= 0.3 is 24.9 Å². The summed E-state index contributed by atoms with van der Waals surface area (Å²) in [4.78, 5) is 23.1. The number of anilines is 2. The number of carboxylic acid groups (broad SMARTS) is 1. The summed E-state index contributed by atoms with van der Waals surface area (Å²) in [5, 5.41) is 11.4. The Morgan fingerprint density at radius 2 is 1.85 bits per heavy atom. The maximum absolute atomic E-state index is 13.7. The number of benzene rings is 2. The van der Waals surface area contributed by atoms with E-state index in [1.54, 1.807) is 0 Å². The molecule has 10 nitrogen and oxygen atoms in total. The minimum absolute atomic E-state index is 0.0491. The number of rotatable bonds is 9. The molecule has 0 bridgehead atoms. The number of aliphatic carboxylic acids is 1. The van der Waals surface area contributed by atoms with Gasteiger partial charge in [0, 0.05) is 11.8 Å². The molecule has 0 unspecified atom stereocenters. The molecule has 0 aromatic heterocycles. The molecule has 2 aromatic carbocycles. The highest BCUT2D eigenvalue weighted by Crippen LogP contribution is 2.41. The standard InChI is InChI=1S/C24H25F5N2O8S/c1-13(20(32)33)9-16-12-31(40(35,36)17-6-4-5-15(11-17)38-21(25)26)18-10-14(7-8-19(18)37-16)30-22(34)39-23(2,3)24(27,28)29/h4-8,10-11,13,16,21H,9,12H2,1-3H3,(H,30,34)(H,32,33)/t13-,16+/m1/s1. The van der Waals surface area contributed by atoms with Crippen LogP contribution in [0.3, 0.4) is 0 Å². The van der Waals surface area contributed by atoms with Crippen molar-refractivity contribution in [3.05, 3.63) is 42.5 Å². The van der Waals surface area contributed by atoms with Crippen molar-refractivity contribution in [3.63, 3.8) is 0 Å². The number of halogens is 5. The van der Waals surface area contributed by atoms with Crippen molar-refractivity contribution >= 4 is 33.5 Å². The molecule has 0 fully saturated rings. The van der Waals surface area contributed by atoms with Gasteiger partial charge in [-0.2, -0.15) is 22.0 Å². The topological polar surface area (TPSA) is 131 Å². The van der Waals surface area contributed by atoms with Gasteiger partial charge in [0.15, 0.2) is 0 Å². The van der Waals surface area contributed by atoms with E-state index in [0.29, 0.717) is 13.8 Å². The summed E-state index contributed by atoms with van der Waals surface area (Å²) in [6, 6.07) is 7.83. The Bertz CT molecular complexity index is 1370. The number of ether oxygens (including phenoxy) is 3. The largest absolute Gasteiger partial charge is 0.486 e. The lowest BCUT2D eigenvalue weighted by Gasteiger charge is -2.36. The van der Waals surface area contributed by atoms with E-state index in [4.69, 9.17) is 4.74 Å². The van der Waals surface area contributed by atoms with Crippen LogP contribution in [-0.4, -0.2) is 56.6 Å². The predicted octanol–water partition coefficient (Wildman–Crippen LogP) is 5.24. The van der Waals surface area contributed by atoms with Gasteiger partial charge in [-0.05, 0) is 50.6 Å². The van der Waals surface area contributed by atoms with E-state index in [2.05, 4.69) is 14.8 Å². The Balaban J connectivity index is 2.00. The van der Waals surface area contributed by atoms with Crippen molar-refractivity contribution in [1.82, 2.24) is 0 Å². The van der Waals surface area contributed by atoms with Crippen LogP contribution < -0.4 is 19.1 Å². The first-order valence-corrected chi connectivity index (χ1v) is 13.0. The lowest BCUT2D eigenvalue weighted by molar-refractivity contribution is -0.242. The zero-order valence-electron chi connectivity index (χ0n) is 21.2. The zero-order valence-corrected chi connectivity index (χ0v) is 22.1. The Morgan fingerprint density at radius 3 is 2.45 bits per heavy atom. The fraction of sp³-hybridized carbons (Fsp3) is 0.417. The zero-order chi connectivity index (χ0) is 30.0. The number of hydrogen-bond acceptors (Lipinski definition) is 7. The van der Waals surface area contributed by atoms with Gasteiger partial charge in [0.1, 0.15) is 17.6 Å². The van der Waals surface area contributed by atoms with Crippen molar-refractivity contribution in [2.45, 2.75) is 56.6 Å². The summed E-state index contributed by atoms with van der Waals surface area (Å²) >= 11 is 0. The second kappa shape index (κ2) is 11.3. The second-order valence-corrected chi connectivity index (χ2v) is 11.2. The van der Waals surface area contributed by atoms with Crippen LogP contribution in [0.1, 0.15) is 27.2 Å². The molecule has 0 spiro atoms. The predicted molar refractivity (Wildman–Crippen MR) is 130 cm³/mol. The molecule has 220 valence electrons. The van der Waals surface area contributed by atoms with Gasteiger partial charge < -0.3 is 19.3 Å². The minimum atomic E-state index is -4.87. The van der Waals surface area contributed by atoms with E-state index >= 15 is 0 Å². The highest BCUT2D eigenvalue weighted by Gasteiger charge is 2.51. The number of fused-ring (bicyclic) bond motifs is 1. The van der Waals surface area contributed by atoms with Gasteiger partial charge in [-0.25, -0.2) is 13.2 Å². The Morgan fingerprint density at radius 1 is 1.18 bits per heavy atom. The molecule has 2 N–H and O–H groups in total. The first kappa shape index (κ1) is 30.7. The van der Waals surface area contributed by atoms with E-state index in [-0.39, 0.29) is 23.5 Å². The fourth-order valence-corrected chi connectivity index (χ4v) is 5.14. The maximum atomic E-state index is 13.7. The number of sulfonamides is 1. The number of carboxylic acids is 1. The normalized spacial score (nSPS) is 16.5. The minimum Gasteiger partial charge on any atom is -0.486 e. The number of carbonyl (C=O) groups excluding carboxylic acids is 1. The quantitative estimate of drug-likeness (QED) is 0.376. The smallest absolute Gasteiger partial charge is 0.427 e. The van der Waals surface area contributed by atoms with Gasteiger partial charge in [0.2, 0.25) is 5.60 Å². The van der Waals surface area contributed by atoms with Crippen LogP contribution >= 0.6 is 0 Å². The Hall–Kier alpha value is -3.82. The number of carbonyl (C=O) groups is 2. The second-order valence-electron chi connectivity index (χ2n) is 9.31. The van der Waals surface area contributed by atoms with Crippen LogP contribution in [-0.2, 0) is 19.6 Å². The van der Waals surface area contributed by atoms with E-state index < -0.39 is 69.7 Å². The third-order valence-electron chi connectivity index (χ3n) is 5.82. The number of amides is 1. The van der Waals surface area contributed by atoms with E-state index in [9.17, 15) is 45.1 Å². The van der Waals surface area contributed by atoms with Gasteiger partial charge in [0.25, 0.3) is 10.0 Å².